The van der Waals surface area contributed by atoms with Gasteiger partial charge >= 0.3 is 5.97 Å². The number of hydrogen-bond acceptors (Lipinski definition) is 3. The van der Waals surface area contributed by atoms with Gasteiger partial charge in [-0.3, -0.25) is 0 Å². The summed E-state index contributed by atoms with van der Waals surface area (Å²) in [5, 5.41) is 11.9. The molecule has 0 atom stereocenters. The lowest BCUT2D eigenvalue weighted by molar-refractivity contribution is -0.360. The molecule has 0 heterocycles. The number of carbonyl (C=O) groups excluding carboxylic acids is 1. The minimum atomic E-state index is -0.536. The van der Waals surface area contributed by atoms with Crippen LogP contribution in [0.15, 0.2) is 42.5 Å². The number of carbonyl (C=O) groups is 1. The zero-order valence-electron chi connectivity index (χ0n) is 11.7. The molecule has 0 aliphatic heterocycles. The Morgan fingerprint density at radius 3 is 2.32 bits per heavy atom. The average molecular weight is 261 g/mol. The highest BCUT2D eigenvalue weighted by Crippen LogP contribution is 2.10. The van der Waals surface area contributed by atoms with Crippen molar-refractivity contribution in [2.24, 2.45) is 0 Å². The molecule has 0 unspecified atom stereocenters. The van der Waals surface area contributed by atoms with Crippen LogP contribution in [-0.4, -0.2) is 22.0 Å². The van der Waals surface area contributed by atoms with Gasteiger partial charge in [-0.1, -0.05) is 18.2 Å². The summed E-state index contributed by atoms with van der Waals surface area (Å²) in [5.41, 5.74) is 0.400. The van der Waals surface area contributed by atoms with Crippen LogP contribution in [0.4, 0.5) is 5.69 Å². The molecule has 0 aliphatic rings. The second kappa shape index (κ2) is 6.18. The molecule has 4 nitrogen and oxygen atoms in total. The number of benzene rings is 1. The Morgan fingerprint density at radius 2 is 1.79 bits per heavy atom. The van der Waals surface area contributed by atoms with Crippen molar-refractivity contribution in [3.8, 4) is 0 Å². The predicted octanol–water partition coefficient (Wildman–Crippen LogP) is 3.19. The third-order valence-electron chi connectivity index (χ3n) is 2.18. The maximum atomic E-state index is 11.9. The first-order chi connectivity index (χ1) is 8.79. The molecule has 0 bridgehead atoms. The van der Waals surface area contributed by atoms with E-state index >= 15 is 0 Å². The number of nitrogens with zero attached hydrogens (tertiary/aromatic N) is 1. The van der Waals surface area contributed by atoms with Gasteiger partial charge in [0.25, 0.3) is 0 Å². The highest BCUT2D eigenvalue weighted by atomic mass is 16.6. The topological polar surface area (TPSA) is 52.4 Å². The summed E-state index contributed by atoms with van der Waals surface area (Å²) in [5.74, 6) is -0.465. The van der Waals surface area contributed by atoms with Crippen molar-refractivity contribution < 1.29 is 14.3 Å². The van der Waals surface area contributed by atoms with Gasteiger partial charge < -0.3 is 9.94 Å². The Balaban J connectivity index is 2.79. The summed E-state index contributed by atoms with van der Waals surface area (Å²) in [6, 6.07) is 8.81. The summed E-state index contributed by atoms with van der Waals surface area (Å²) in [6.07, 6.45) is 2.71. The molecular weight excluding hydrogens is 242 g/mol. The van der Waals surface area contributed by atoms with Crippen molar-refractivity contribution in [3.05, 3.63) is 47.7 Å². The van der Waals surface area contributed by atoms with E-state index in [2.05, 4.69) is 0 Å². The van der Waals surface area contributed by atoms with Crippen LogP contribution in [0.1, 0.15) is 27.7 Å². The fourth-order valence-corrected chi connectivity index (χ4v) is 1.36. The summed E-state index contributed by atoms with van der Waals surface area (Å²) in [7, 11) is 0. The lowest BCUT2D eigenvalue weighted by Gasteiger charge is -2.17. The maximum absolute atomic E-state index is 11.9. The first-order valence-corrected chi connectivity index (χ1v) is 6.06. The fourth-order valence-electron chi connectivity index (χ4n) is 1.36. The van der Waals surface area contributed by atoms with Crippen molar-refractivity contribution in [1.82, 2.24) is 0 Å². The molecule has 1 aromatic carbocycles. The Hall–Kier alpha value is -2.10. The molecule has 0 fully saturated rings. The zero-order chi connectivity index (χ0) is 14.5. The number of allylic oxidation sites excluding steroid dienone is 1. The molecule has 0 saturated carbocycles. The lowest BCUT2D eigenvalue weighted by atomic mass is 10.2. The number of ether oxygens (including phenoxy) is 1. The smallest absolute Gasteiger partial charge is 0.331 e. The van der Waals surface area contributed by atoms with Crippen LogP contribution in [0.25, 0.3) is 0 Å². The number of hydrogen-bond donors (Lipinski definition) is 0. The Labute approximate surface area is 113 Å². The molecule has 0 N–H and O–H groups in total. The molecular formula is C15H19NO3. The molecule has 1 aromatic rings. The van der Waals surface area contributed by atoms with Crippen LogP contribution in [0.5, 0.6) is 0 Å². The third-order valence-corrected chi connectivity index (χ3v) is 2.18. The standard InChI is InChI=1S/C15H19NO3/c1-12(10-11-14(17)19-15(2,3)4)16(18)13-8-6-5-7-9-13/h5-11H,1-4H3/b11-10+,16-12+. The molecule has 0 aliphatic carbocycles. The van der Waals surface area contributed by atoms with E-state index in [0.717, 1.165) is 4.74 Å². The van der Waals surface area contributed by atoms with E-state index in [0.29, 0.717) is 11.4 Å². The summed E-state index contributed by atoms with van der Waals surface area (Å²) in [4.78, 5) is 11.5. The van der Waals surface area contributed by atoms with Crippen molar-refractivity contribution in [1.29, 1.82) is 0 Å². The van der Waals surface area contributed by atoms with Crippen LogP contribution in [0.2, 0.25) is 0 Å². The van der Waals surface area contributed by atoms with Gasteiger partial charge in [0.2, 0.25) is 5.69 Å². The van der Waals surface area contributed by atoms with Gasteiger partial charge in [-0.25, -0.2) is 4.79 Å². The van der Waals surface area contributed by atoms with E-state index in [1.807, 2.05) is 6.07 Å². The Bertz CT molecular complexity index is 496. The average Bonchev–Trinajstić information content (AvgIpc) is 2.34. The first kappa shape index (κ1) is 15.0. The van der Waals surface area contributed by atoms with Crippen LogP contribution in [-0.2, 0) is 9.53 Å². The molecule has 1 rings (SSSR count). The first-order valence-electron chi connectivity index (χ1n) is 6.06. The third kappa shape index (κ3) is 5.38. The van der Waals surface area contributed by atoms with Gasteiger partial charge in [0.1, 0.15) is 5.60 Å². The maximum Gasteiger partial charge on any atom is 0.331 e. The Morgan fingerprint density at radius 1 is 1.21 bits per heavy atom. The predicted molar refractivity (Wildman–Crippen MR) is 75.4 cm³/mol. The van der Waals surface area contributed by atoms with Crippen molar-refractivity contribution in [2.45, 2.75) is 33.3 Å². The van der Waals surface area contributed by atoms with Crippen molar-refractivity contribution in [2.75, 3.05) is 0 Å². The Kier molecular flexibility index (Phi) is 4.87. The quantitative estimate of drug-likeness (QED) is 0.210. The van der Waals surface area contributed by atoms with Crippen molar-refractivity contribution in [3.63, 3.8) is 0 Å². The molecule has 0 amide bonds. The lowest BCUT2D eigenvalue weighted by Crippen LogP contribution is -2.22. The van der Waals surface area contributed by atoms with Gasteiger partial charge in [-0.2, -0.15) is 4.74 Å². The highest BCUT2D eigenvalue weighted by Gasteiger charge is 2.14. The van der Waals surface area contributed by atoms with Crippen LogP contribution in [0.3, 0.4) is 0 Å². The van der Waals surface area contributed by atoms with E-state index in [1.165, 1.54) is 12.2 Å². The van der Waals surface area contributed by atoms with E-state index in [9.17, 15) is 10.0 Å². The molecule has 102 valence electrons. The van der Waals surface area contributed by atoms with Gasteiger partial charge in [0.15, 0.2) is 5.71 Å². The van der Waals surface area contributed by atoms with Gasteiger partial charge in [-0.15, -0.1) is 0 Å². The highest BCUT2D eigenvalue weighted by molar-refractivity contribution is 5.95. The number of esters is 1. The normalized spacial score (nSPS) is 13.3. The molecule has 4 heteroatoms. The molecule has 0 aromatic heterocycles. The summed E-state index contributed by atoms with van der Waals surface area (Å²) in [6.45, 7) is 7.01. The van der Waals surface area contributed by atoms with Crippen molar-refractivity contribution >= 4 is 17.4 Å². The van der Waals surface area contributed by atoms with Gasteiger partial charge in [0, 0.05) is 31.2 Å². The summed E-state index contributed by atoms with van der Waals surface area (Å²) >= 11 is 0. The second-order valence-corrected chi connectivity index (χ2v) is 5.14. The molecule has 0 saturated heterocycles. The zero-order valence-corrected chi connectivity index (χ0v) is 11.7. The minimum absolute atomic E-state index is 0.414. The monoisotopic (exact) mass is 261 g/mol. The number of rotatable bonds is 3. The minimum Gasteiger partial charge on any atom is -0.618 e. The molecule has 0 spiro atoms. The fraction of sp³-hybridized carbons (Fsp3) is 0.333. The van der Waals surface area contributed by atoms with Crippen LogP contribution < -0.4 is 0 Å². The van der Waals surface area contributed by atoms with Crippen LogP contribution in [0, 0.1) is 5.21 Å². The SMILES string of the molecule is CC(/C=C/C(=O)OC(C)(C)C)=[N+](\[O-])c1ccccc1. The van der Waals surface area contributed by atoms with Gasteiger partial charge in [0.05, 0.1) is 0 Å². The van der Waals surface area contributed by atoms with Crippen LogP contribution >= 0.6 is 0 Å². The molecule has 0 radical (unpaired) electrons. The second-order valence-electron chi connectivity index (χ2n) is 5.14. The van der Waals surface area contributed by atoms with E-state index in [-0.39, 0.29) is 0 Å². The van der Waals surface area contributed by atoms with Gasteiger partial charge in [-0.05, 0) is 20.8 Å². The largest absolute Gasteiger partial charge is 0.618 e. The number of para-hydroxylation sites is 1. The molecule has 19 heavy (non-hydrogen) atoms. The van der Waals surface area contributed by atoms with E-state index in [4.69, 9.17) is 4.74 Å². The van der Waals surface area contributed by atoms with E-state index < -0.39 is 11.6 Å². The summed E-state index contributed by atoms with van der Waals surface area (Å²) < 4.78 is 5.88. The van der Waals surface area contributed by atoms with E-state index in [1.54, 1.807) is 52.0 Å².